The van der Waals surface area contributed by atoms with Gasteiger partial charge in [-0.3, -0.25) is 0 Å². The summed E-state index contributed by atoms with van der Waals surface area (Å²) in [5.74, 6) is -0.227. The quantitative estimate of drug-likeness (QED) is 0.368. The maximum Gasteiger partial charge on any atom is 0.277 e. The van der Waals surface area contributed by atoms with Crippen LogP contribution in [0, 0.1) is 16.5 Å². The molecular formula is C21H14F2N2O3S2. The zero-order valence-electron chi connectivity index (χ0n) is 15.3. The first-order valence-corrected chi connectivity index (χ1v) is 9.41. The molecule has 9 heteroatoms. The zero-order valence-corrected chi connectivity index (χ0v) is 17.0. The number of anilines is 1. The molecule has 0 unspecified atom stereocenters. The Morgan fingerprint density at radius 2 is 1.20 bits per heavy atom. The highest BCUT2D eigenvalue weighted by Crippen LogP contribution is 2.22. The third kappa shape index (κ3) is 5.62. The smallest absolute Gasteiger partial charge is 0.277 e. The van der Waals surface area contributed by atoms with Gasteiger partial charge >= 0.3 is 0 Å². The predicted octanol–water partition coefficient (Wildman–Crippen LogP) is 5.77. The fourth-order valence-corrected chi connectivity index (χ4v) is 3.04. The second-order valence-corrected chi connectivity index (χ2v) is 6.63. The second-order valence-electron chi connectivity index (χ2n) is 5.93. The molecule has 5 nitrogen and oxygen atoms in total. The van der Waals surface area contributed by atoms with Crippen LogP contribution in [0.5, 0.6) is 11.5 Å². The summed E-state index contributed by atoms with van der Waals surface area (Å²) in [5.41, 5.74) is 1.20. The number of hydrogen-bond acceptors (Lipinski definition) is 6. The lowest BCUT2D eigenvalue weighted by Crippen LogP contribution is -2.40. The standard InChI is InChI=1S/C21H14F2N2O3S2/c22-15-3-9-18(10-4-15)27-20(29)25(17-7-1-14(2-8-17)13-24-26)21(30)28-19-11-5-16(23)6-12-19/h1-12H,13H2. The Morgan fingerprint density at radius 3 is 1.60 bits per heavy atom. The van der Waals surface area contributed by atoms with Crippen LogP contribution in [-0.4, -0.2) is 10.3 Å². The van der Waals surface area contributed by atoms with Crippen LogP contribution in [0.15, 0.2) is 78.0 Å². The monoisotopic (exact) mass is 444 g/mol. The number of nitroso groups, excluding NO2 is 1. The van der Waals surface area contributed by atoms with Gasteiger partial charge in [0.15, 0.2) is 0 Å². The summed E-state index contributed by atoms with van der Waals surface area (Å²) in [6, 6.07) is 17.3. The highest BCUT2D eigenvalue weighted by molar-refractivity contribution is 7.82. The summed E-state index contributed by atoms with van der Waals surface area (Å²) < 4.78 is 37.6. The van der Waals surface area contributed by atoms with Crippen molar-refractivity contribution in [2.75, 3.05) is 4.90 Å². The Bertz CT molecular complexity index is 984. The predicted molar refractivity (Wildman–Crippen MR) is 118 cm³/mol. The van der Waals surface area contributed by atoms with Crippen molar-refractivity contribution < 1.29 is 18.3 Å². The van der Waals surface area contributed by atoms with Crippen molar-refractivity contribution in [2.45, 2.75) is 6.54 Å². The fourth-order valence-electron chi connectivity index (χ4n) is 2.41. The van der Waals surface area contributed by atoms with Crippen LogP contribution in [-0.2, 0) is 6.54 Å². The summed E-state index contributed by atoms with van der Waals surface area (Å²) in [7, 11) is 0. The first-order valence-electron chi connectivity index (χ1n) is 8.59. The van der Waals surface area contributed by atoms with Crippen LogP contribution >= 0.6 is 24.4 Å². The number of halogens is 2. The number of ether oxygens (including phenoxy) is 2. The van der Waals surface area contributed by atoms with E-state index in [-0.39, 0.29) is 16.9 Å². The normalized spacial score (nSPS) is 10.2. The second kappa shape index (κ2) is 9.95. The van der Waals surface area contributed by atoms with Gasteiger partial charge in [-0.1, -0.05) is 17.3 Å². The van der Waals surface area contributed by atoms with Crippen molar-refractivity contribution in [1.82, 2.24) is 0 Å². The van der Waals surface area contributed by atoms with E-state index >= 15 is 0 Å². The Morgan fingerprint density at radius 1 is 0.767 bits per heavy atom. The lowest BCUT2D eigenvalue weighted by atomic mass is 10.2. The molecule has 0 atom stereocenters. The van der Waals surface area contributed by atoms with Gasteiger partial charge in [-0.15, -0.1) is 0 Å². The largest absolute Gasteiger partial charge is 0.431 e. The summed E-state index contributed by atoms with van der Waals surface area (Å²) in [5, 5.41) is 2.70. The number of thiocarbonyl (C=S) groups is 2. The van der Waals surface area contributed by atoms with E-state index in [0.29, 0.717) is 22.7 Å². The molecule has 0 aliphatic rings. The van der Waals surface area contributed by atoms with Gasteiger partial charge in [0.1, 0.15) is 29.7 Å². The van der Waals surface area contributed by atoms with Crippen LogP contribution in [0.1, 0.15) is 5.56 Å². The third-order valence-corrected chi connectivity index (χ3v) is 4.38. The van der Waals surface area contributed by atoms with E-state index < -0.39 is 11.6 Å². The van der Waals surface area contributed by atoms with E-state index in [2.05, 4.69) is 5.18 Å². The molecule has 3 aromatic rings. The van der Waals surface area contributed by atoms with Crippen LogP contribution < -0.4 is 14.4 Å². The molecule has 0 N–H and O–H groups in total. The maximum absolute atomic E-state index is 13.2. The van der Waals surface area contributed by atoms with Crippen LogP contribution in [0.2, 0.25) is 0 Å². The molecule has 0 amide bonds. The Hall–Kier alpha value is -3.30. The van der Waals surface area contributed by atoms with Crippen LogP contribution in [0.25, 0.3) is 0 Å². The topological polar surface area (TPSA) is 51.1 Å². The first-order chi connectivity index (χ1) is 14.5. The molecule has 0 aromatic heterocycles. The van der Waals surface area contributed by atoms with Crippen LogP contribution in [0.3, 0.4) is 0 Å². The molecule has 0 heterocycles. The van der Waals surface area contributed by atoms with Crippen molar-refractivity contribution in [2.24, 2.45) is 5.18 Å². The van der Waals surface area contributed by atoms with Gasteiger partial charge in [0.2, 0.25) is 0 Å². The fraction of sp³-hybridized carbons (Fsp3) is 0.0476. The number of nitrogens with zero attached hydrogens (tertiary/aromatic N) is 2. The van der Waals surface area contributed by atoms with E-state index in [1.807, 2.05) is 0 Å². The van der Waals surface area contributed by atoms with Crippen molar-refractivity contribution in [3.05, 3.63) is 94.9 Å². The molecule has 0 fully saturated rings. The summed E-state index contributed by atoms with van der Waals surface area (Å²) in [4.78, 5) is 11.8. The third-order valence-electron chi connectivity index (χ3n) is 3.84. The lowest BCUT2D eigenvalue weighted by Gasteiger charge is -2.25. The van der Waals surface area contributed by atoms with Gasteiger partial charge in [0.05, 0.1) is 5.69 Å². The molecule has 0 aliphatic heterocycles. The van der Waals surface area contributed by atoms with E-state index in [4.69, 9.17) is 33.9 Å². The maximum atomic E-state index is 13.2. The van der Waals surface area contributed by atoms with Gasteiger partial charge in [-0.25, -0.2) is 13.7 Å². The molecular weight excluding hydrogens is 430 g/mol. The summed E-state index contributed by atoms with van der Waals surface area (Å²) >= 11 is 10.8. The van der Waals surface area contributed by atoms with Crippen molar-refractivity contribution in [3.63, 3.8) is 0 Å². The Labute approximate surface area is 181 Å². The number of rotatable bonds is 5. The minimum absolute atomic E-state index is 0.0212. The van der Waals surface area contributed by atoms with Crippen molar-refractivity contribution >= 4 is 40.5 Å². The molecule has 0 saturated carbocycles. The van der Waals surface area contributed by atoms with E-state index in [0.717, 1.165) is 0 Å². The van der Waals surface area contributed by atoms with Gasteiger partial charge in [0.25, 0.3) is 10.3 Å². The average Bonchev–Trinajstić information content (AvgIpc) is 2.73. The minimum atomic E-state index is -0.417. The first kappa shape index (κ1) is 21.4. The highest BCUT2D eigenvalue weighted by atomic mass is 32.1. The molecule has 0 aliphatic carbocycles. The number of benzene rings is 3. The van der Waals surface area contributed by atoms with Gasteiger partial charge in [0, 0.05) is 0 Å². The molecule has 152 valence electrons. The molecule has 0 radical (unpaired) electrons. The van der Waals surface area contributed by atoms with Gasteiger partial charge in [-0.05, 0) is 90.7 Å². The minimum Gasteiger partial charge on any atom is -0.431 e. The average molecular weight is 444 g/mol. The van der Waals surface area contributed by atoms with E-state index in [1.54, 1.807) is 24.3 Å². The molecule has 3 aromatic carbocycles. The van der Waals surface area contributed by atoms with E-state index in [1.165, 1.54) is 53.4 Å². The molecule has 0 saturated heterocycles. The molecule has 0 bridgehead atoms. The zero-order chi connectivity index (χ0) is 21.5. The van der Waals surface area contributed by atoms with Crippen molar-refractivity contribution in [3.8, 4) is 11.5 Å². The lowest BCUT2D eigenvalue weighted by molar-refractivity contribution is 0.527. The van der Waals surface area contributed by atoms with Gasteiger partial charge in [-0.2, -0.15) is 4.91 Å². The number of hydrogen-bond donors (Lipinski definition) is 0. The highest BCUT2D eigenvalue weighted by Gasteiger charge is 2.22. The molecule has 30 heavy (non-hydrogen) atoms. The molecule has 3 rings (SSSR count). The van der Waals surface area contributed by atoms with Gasteiger partial charge < -0.3 is 9.47 Å². The van der Waals surface area contributed by atoms with Crippen molar-refractivity contribution in [1.29, 1.82) is 0 Å². The Balaban J connectivity index is 1.87. The molecule has 0 spiro atoms. The summed E-state index contributed by atoms with van der Waals surface area (Å²) in [6.07, 6.45) is 0. The SMILES string of the molecule is O=NCc1ccc(N(C(=S)Oc2ccc(F)cc2)C(=S)Oc2ccc(F)cc2)cc1. The summed E-state index contributed by atoms with van der Waals surface area (Å²) in [6.45, 7) is 0.0212. The van der Waals surface area contributed by atoms with Crippen LogP contribution in [0.4, 0.5) is 14.5 Å². The van der Waals surface area contributed by atoms with E-state index in [9.17, 15) is 13.7 Å². The Kier molecular flexibility index (Phi) is 7.10.